The van der Waals surface area contributed by atoms with Crippen LogP contribution in [0.25, 0.3) is 10.8 Å². The van der Waals surface area contributed by atoms with Gasteiger partial charge in [0.2, 0.25) is 0 Å². The van der Waals surface area contributed by atoms with Crippen molar-refractivity contribution >= 4 is 122 Å². The van der Waals surface area contributed by atoms with Crippen LogP contribution in [0.4, 0.5) is 0 Å². The summed E-state index contributed by atoms with van der Waals surface area (Å²) in [7, 11) is 0. The Hall–Kier alpha value is 2.02. The first-order chi connectivity index (χ1) is 8.45. The summed E-state index contributed by atoms with van der Waals surface area (Å²) >= 11 is 36.7. The quantitative estimate of drug-likeness (QED) is 0.318. The second kappa shape index (κ2) is 5.34. The number of hydrogen-bond donors (Lipinski definition) is 0. The van der Waals surface area contributed by atoms with Crippen LogP contribution in [0.1, 0.15) is 0 Å². The van der Waals surface area contributed by atoms with Crippen molar-refractivity contribution in [1.29, 1.82) is 0 Å². The normalized spacial score (nSPS) is 13.7. The van der Waals surface area contributed by atoms with Gasteiger partial charge >= 0.3 is 152 Å². The van der Waals surface area contributed by atoms with Crippen LogP contribution in [-0.4, -0.2) is 34.1 Å². The molecule has 18 heavy (non-hydrogen) atoms. The van der Waals surface area contributed by atoms with Gasteiger partial charge in [-0.1, -0.05) is 0 Å². The van der Waals surface area contributed by atoms with Crippen molar-refractivity contribution in [3.05, 3.63) is 30.1 Å². The van der Waals surface area contributed by atoms with Gasteiger partial charge in [0.25, 0.3) is 0 Å². The molecule has 94 valence electrons. The van der Waals surface area contributed by atoms with Crippen LogP contribution in [-0.2, 0) is 0 Å². The third-order valence-electron chi connectivity index (χ3n) is 2.52. The van der Waals surface area contributed by atoms with Crippen molar-refractivity contribution < 1.29 is 0 Å². The van der Waals surface area contributed by atoms with Crippen LogP contribution in [0.3, 0.4) is 0 Å². The summed E-state index contributed by atoms with van der Waals surface area (Å²) in [5.74, 6) is 0. The van der Waals surface area contributed by atoms with Crippen LogP contribution >= 0.6 is 69.6 Å². The summed E-state index contributed by atoms with van der Waals surface area (Å²) in [6.45, 7) is 0. The molecule has 0 fully saturated rings. The van der Waals surface area contributed by atoms with Gasteiger partial charge in [-0.3, -0.25) is 0 Å². The van der Waals surface area contributed by atoms with Crippen molar-refractivity contribution in [1.82, 2.24) is 0 Å². The fourth-order valence-electron chi connectivity index (χ4n) is 1.72. The monoisotopic (exact) mass is 590 g/mol. The van der Waals surface area contributed by atoms with Crippen LogP contribution in [0.15, 0.2) is 0 Å². The molecule has 0 radical (unpaired) electrons. The Morgan fingerprint density at radius 1 is 0.444 bits per heavy atom. The average molecular weight is 588 g/mol. The van der Waals surface area contributed by atoms with Gasteiger partial charge in [-0.15, -0.1) is 0 Å². The maximum atomic E-state index is 6.27. The van der Waals surface area contributed by atoms with Gasteiger partial charge in [0.1, 0.15) is 0 Å². The molecule has 2 aromatic carbocycles. The second-order valence-electron chi connectivity index (χ2n) is 3.46. The summed E-state index contributed by atoms with van der Waals surface area (Å²) in [5, 5.41) is 4.32. The Balaban J connectivity index is 2.67. The molecule has 0 atom stereocenters. The Morgan fingerprint density at radius 2 is 0.833 bits per heavy atom. The summed E-state index contributed by atoms with van der Waals surface area (Å²) in [4.78, 5) is 0. The van der Waals surface area contributed by atoms with E-state index in [-0.39, 0.29) is 34.1 Å². The Labute approximate surface area is 150 Å². The van der Waals surface area contributed by atoms with E-state index in [1.807, 2.05) is 0 Å². The number of hydrogen-bond acceptors (Lipinski definition) is 0. The van der Waals surface area contributed by atoms with E-state index < -0.39 is 0 Å². The van der Waals surface area contributed by atoms with Gasteiger partial charge < -0.3 is 0 Å². The van der Waals surface area contributed by atoms with E-state index in [4.69, 9.17) is 69.6 Å². The van der Waals surface area contributed by atoms with E-state index in [0.29, 0.717) is 35.5 Å². The molecule has 0 saturated heterocycles. The first-order valence-electron chi connectivity index (χ1n) is 4.46. The number of rotatable bonds is 0. The second-order valence-corrected chi connectivity index (χ2v) is 15.4. The van der Waals surface area contributed by atoms with Crippen molar-refractivity contribution in [3.63, 3.8) is 0 Å². The Kier molecular flexibility index (Phi) is 4.43. The van der Waals surface area contributed by atoms with Crippen LogP contribution in [0.2, 0.25) is 30.1 Å². The molecule has 1 aliphatic heterocycles. The molecule has 0 aliphatic carbocycles. The fraction of sp³-hybridized carbons (Fsp3) is 0. The minimum absolute atomic E-state index is 0.339. The van der Waals surface area contributed by atoms with Gasteiger partial charge in [-0.2, -0.15) is 0 Å². The van der Waals surface area contributed by atoms with Gasteiger partial charge in [0.15, 0.2) is 0 Å². The molecular formula is C10Cl6Te2. The van der Waals surface area contributed by atoms with E-state index in [1.165, 1.54) is 0 Å². The third kappa shape index (κ3) is 2.01. The zero-order valence-electron chi connectivity index (χ0n) is 8.08. The molecule has 0 N–H and O–H groups in total. The van der Waals surface area contributed by atoms with Crippen LogP contribution in [0, 0.1) is 0 Å². The molecule has 8 heteroatoms. The zero-order valence-corrected chi connectivity index (χ0v) is 17.3. The molecule has 1 heterocycles. The molecule has 0 saturated carbocycles. The van der Waals surface area contributed by atoms with Crippen molar-refractivity contribution in [2.24, 2.45) is 0 Å². The third-order valence-corrected chi connectivity index (χ3v) is 17.4. The minimum atomic E-state index is -0.339. The Morgan fingerprint density at radius 3 is 1.22 bits per heavy atom. The van der Waals surface area contributed by atoms with Crippen molar-refractivity contribution in [2.75, 3.05) is 0 Å². The predicted molar refractivity (Wildman–Crippen MR) is 84.8 cm³/mol. The van der Waals surface area contributed by atoms with E-state index in [0.717, 1.165) is 12.6 Å². The van der Waals surface area contributed by atoms with E-state index in [9.17, 15) is 0 Å². The SMILES string of the molecule is Clc1c(Cl)c2c3c(c(Cl)c(Cl)c(Cl)c3c1Cl)[Te][Te]2. The molecule has 0 amide bonds. The molecule has 3 rings (SSSR count). The molecular weight excluding hydrogens is 588 g/mol. The predicted octanol–water partition coefficient (Wildman–Crippen LogP) is 4.35. The molecule has 2 aromatic rings. The number of halogens is 6. The summed E-state index contributed by atoms with van der Waals surface area (Å²) in [6.07, 6.45) is 0. The van der Waals surface area contributed by atoms with Crippen molar-refractivity contribution in [3.8, 4) is 0 Å². The molecule has 0 aromatic heterocycles. The van der Waals surface area contributed by atoms with E-state index in [2.05, 4.69) is 0 Å². The molecule has 0 unspecified atom stereocenters. The first-order valence-corrected chi connectivity index (χ1v) is 16.4. The zero-order chi connectivity index (χ0) is 13.2. The molecule has 0 spiro atoms. The maximum absolute atomic E-state index is 6.27. The van der Waals surface area contributed by atoms with E-state index in [1.54, 1.807) is 0 Å². The molecule has 1 aliphatic rings. The summed E-state index contributed by atoms with van der Waals surface area (Å²) < 4.78 is 2.26. The van der Waals surface area contributed by atoms with Crippen LogP contribution in [0.5, 0.6) is 0 Å². The molecule has 0 bridgehead atoms. The fourth-order valence-corrected chi connectivity index (χ4v) is 19.3. The van der Waals surface area contributed by atoms with Crippen LogP contribution < -0.4 is 7.22 Å². The summed E-state index contributed by atoms with van der Waals surface area (Å²) in [5.41, 5.74) is 0. The van der Waals surface area contributed by atoms with E-state index >= 15 is 0 Å². The molecule has 0 nitrogen and oxygen atoms in total. The van der Waals surface area contributed by atoms with Gasteiger partial charge in [0.05, 0.1) is 0 Å². The average Bonchev–Trinajstić information content (AvgIpc) is 2.78. The number of benzene rings is 2. The Bertz CT molecular complexity index is 655. The van der Waals surface area contributed by atoms with Gasteiger partial charge in [-0.25, -0.2) is 0 Å². The summed E-state index contributed by atoms with van der Waals surface area (Å²) in [6, 6.07) is 0. The van der Waals surface area contributed by atoms with Crippen molar-refractivity contribution in [2.45, 2.75) is 0 Å². The van der Waals surface area contributed by atoms with Gasteiger partial charge in [0, 0.05) is 0 Å². The topological polar surface area (TPSA) is 0 Å². The first kappa shape index (κ1) is 14.9. The standard InChI is InChI=1S/C10Cl6Te2/c11-3-1-2-9(7(15)5(3)13)17-18-10(2)8(16)6(14)4(1)12. The van der Waals surface area contributed by atoms with Gasteiger partial charge in [-0.05, 0) is 0 Å².